The maximum Gasteiger partial charge on any atom is 0.0678 e. The zero-order valence-electron chi connectivity index (χ0n) is 10.7. The Morgan fingerprint density at radius 1 is 1.24 bits per heavy atom. The van der Waals surface area contributed by atoms with E-state index in [1.807, 2.05) is 23.9 Å². The first-order valence-corrected chi connectivity index (χ1v) is 6.03. The van der Waals surface area contributed by atoms with E-state index in [2.05, 4.69) is 42.5 Å². The molecule has 0 saturated carbocycles. The third-order valence-electron chi connectivity index (χ3n) is 2.82. The molecular weight excluding hydrogens is 210 g/mol. The lowest BCUT2D eigenvalue weighted by Crippen LogP contribution is -2.12. The summed E-state index contributed by atoms with van der Waals surface area (Å²) < 4.78 is 1.94. The summed E-state index contributed by atoms with van der Waals surface area (Å²) in [5, 5.41) is 7.80. The molecule has 0 unspecified atom stereocenters. The van der Waals surface area contributed by atoms with Crippen LogP contribution in [0.5, 0.6) is 0 Å². The van der Waals surface area contributed by atoms with E-state index in [0.717, 1.165) is 24.5 Å². The maximum absolute atomic E-state index is 4.46. The van der Waals surface area contributed by atoms with Gasteiger partial charge in [0.25, 0.3) is 0 Å². The smallest absolute Gasteiger partial charge is 0.0678 e. The summed E-state index contributed by atoms with van der Waals surface area (Å²) >= 11 is 0. The summed E-state index contributed by atoms with van der Waals surface area (Å²) in [5.74, 6) is 0. The van der Waals surface area contributed by atoms with Crippen molar-refractivity contribution < 1.29 is 0 Å². The van der Waals surface area contributed by atoms with Gasteiger partial charge in [-0.1, -0.05) is 19.1 Å². The summed E-state index contributed by atoms with van der Waals surface area (Å²) in [4.78, 5) is 0. The van der Waals surface area contributed by atoms with Gasteiger partial charge in [0.1, 0.15) is 0 Å². The molecular formula is C14H19N3. The van der Waals surface area contributed by atoms with Gasteiger partial charge in [-0.2, -0.15) is 5.10 Å². The molecule has 0 saturated heterocycles. The van der Waals surface area contributed by atoms with Gasteiger partial charge in [0, 0.05) is 12.7 Å². The quantitative estimate of drug-likeness (QED) is 0.873. The predicted molar refractivity (Wildman–Crippen MR) is 70.4 cm³/mol. The number of benzene rings is 1. The molecule has 0 aliphatic rings. The summed E-state index contributed by atoms with van der Waals surface area (Å²) in [6, 6.07) is 8.54. The molecule has 90 valence electrons. The van der Waals surface area contributed by atoms with Crippen LogP contribution in [0.3, 0.4) is 0 Å². The van der Waals surface area contributed by atoms with Crippen LogP contribution in [0.2, 0.25) is 0 Å². The normalized spacial score (nSPS) is 10.8. The maximum atomic E-state index is 4.46. The summed E-state index contributed by atoms with van der Waals surface area (Å²) in [6.45, 7) is 8.14. The summed E-state index contributed by atoms with van der Waals surface area (Å²) in [7, 11) is 0. The zero-order valence-corrected chi connectivity index (χ0v) is 10.7. The fourth-order valence-electron chi connectivity index (χ4n) is 1.83. The van der Waals surface area contributed by atoms with Gasteiger partial charge in [-0.25, -0.2) is 4.68 Å². The molecule has 17 heavy (non-hydrogen) atoms. The second-order valence-corrected chi connectivity index (χ2v) is 4.30. The van der Waals surface area contributed by atoms with E-state index in [1.54, 1.807) is 0 Å². The van der Waals surface area contributed by atoms with Gasteiger partial charge in [-0.15, -0.1) is 0 Å². The lowest BCUT2D eigenvalue weighted by Gasteiger charge is -2.09. The van der Waals surface area contributed by atoms with Crippen molar-refractivity contribution in [3.8, 4) is 5.69 Å². The molecule has 2 rings (SSSR count). The predicted octanol–water partition coefficient (Wildman–Crippen LogP) is 2.60. The fourth-order valence-corrected chi connectivity index (χ4v) is 1.83. The number of nitrogens with zero attached hydrogens (tertiary/aromatic N) is 2. The Morgan fingerprint density at radius 2 is 2.06 bits per heavy atom. The number of hydrogen-bond donors (Lipinski definition) is 1. The van der Waals surface area contributed by atoms with Gasteiger partial charge in [0.15, 0.2) is 0 Å². The highest BCUT2D eigenvalue weighted by molar-refractivity contribution is 5.42. The van der Waals surface area contributed by atoms with Gasteiger partial charge < -0.3 is 5.32 Å². The topological polar surface area (TPSA) is 29.9 Å². The standard InChI is InChI=1S/C14H19N3/c1-4-15-10-13-6-5-11(2)14(9-13)17-8-7-12(3)16-17/h5-9,15H,4,10H2,1-3H3. The van der Waals surface area contributed by atoms with Crippen LogP contribution in [0.1, 0.15) is 23.7 Å². The summed E-state index contributed by atoms with van der Waals surface area (Å²) in [6.07, 6.45) is 2.01. The van der Waals surface area contributed by atoms with Gasteiger partial charge in [0.2, 0.25) is 0 Å². The molecule has 1 heterocycles. The minimum absolute atomic E-state index is 0.907. The summed E-state index contributed by atoms with van der Waals surface area (Å²) in [5.41, 5.74) is 4.74. The van der Waals surface area contributed by atoms with Gasteiger partial charge in [0.05, 0.1) is 11.4 Å². The highest BCUT2D eigenvalue weighted by atomic mass is 15.3. The first-order valence-electron chi connectivity index (χ1n) is 6.03. The third kappa shape index (κ3) is 2.74. The van der Waals surface area contributed by atoms with E-state index in [4.69, 9.17) is 0 Å². The molecule has 0 aliphatic carbocycles. The Balaban J connectivity index is 2.32. The van der Waals surface area contributed by atoms with Gasteiger partial charge in [-0.05, 0) is 43.7 Å². The van der Waals surface area contributed by atoms with E-state index in [9.17, 15) is 0 Å². The van der Waals surface area contributed by atoms with Crippen LogP contribution in [0, 0.1) is 13.8 Å². The molecule has 1 aromatic carbocycles. The van der Waals surface area contributed by atoms with Crippen molar-refractivity contribution >= 4 is 0 Å². The highest BCUT2D eigenvalue weighted by Gasteiger charge is 2.03. The van der Waals surface area contributed by atoms with Crippen LogP contribution in [-0.4, -0.2) is 16.3 Å². The van der Waals surface area contributed by atoms with Crippen LogP contribution < -0.4 is 5.32 Å². The van der Waals surface area contributed by atoms with Gasteiger partial charge >= 0.3 is 0 Å². The molecule has 0 spiro atoms. The number of rotatable bonds is 4. The molecule has 1 aromatic heterocycles. The molecule has 0 radical (unpaired) electrons. The molecule has 2 aromatic rings. The van der Waals surface area contributed by atoms with Crippen LogP contribution in [0.15, 0.2) is 30.5 Å². The number of hydrogen-bond acceptors (Lipinski definition) is 2. The van der Waals surface area contributed by atoms with Crippen LogP contribution in [0.4, 0.5) is 0 Å². The minimum atomic E-state index is 0.907. The van der Waals surface area contributed by atoms with Crippen LogP contribution >= 0.6 is 0 Å². The van der Waals surface area contributed by atoms with E-state index in [1.165, 1.54) is 11.1 Å². The average Bonchev–Trinajstić information content (AvgIpc) is 2.75. The van der Waals surface area contributed by atoms with Crippen LogP contribution in [-0.2, 0) is 6.54 Å². The lowest BCUT2D eigenvalue weighted by molar-refractivity contribution is 0.725. The number of nitrogens with one attached hydrogen (secondary N) is 1. The zero-order chi connectivity index (χ0) is 12.3. The molecule has 1 N–H and O–H groups in total. The molecule has 0 atom stereocenters. The fraction of sp³-hybridized carbons (Fsp3) is 0.357. The van der Waals surface area contributed by atoms with Crippen molar-refractivity contribution in [3.63, 3.8) is 0 Å². The van der Waals surface area contributed by atoms with Crippen molar-refractivity contribution in [1.82, 2.24) is 15.1 Å². The Bertz CT molecular complexity index is 500. The molecule has 0 aliphatic heterocycles. The second kappa shape index (κ2) is 5.15. The molecule has 0 amide bonds. The number of aromatic nitrogens is 2. The molecule has 0 fully saturated rings. The Morgan fingerprint density at radius 3 is 2.71 bits per heavy atom. The van der Waals surface area contributed by atoms with E-state index in [0.29, 0.717) is 0 Å². The van der Waals surface area contributed by atoms with Crippen molar-refractivity contribution in [2.45, 2.75) is 27.3 Å². The SMILES string of the molecule is CCNCc1ccc(C)c(-n2ccc(C)n2)c1. The monoisotopic (exact) mass is 229 g/mol. The van der Waals surface area contributed by atoms with Crippen molar-refractivity contribution in [2.75, 3.05) is 6.54 Å². The first kappa shape index (κ1) is 11.9. The number of aryl methyl sites for hydroxylation is 2. The van der Waals surface area contributed by atoms with E-state index >= 15 is 0 Å². The Kier molecular flexibility index (Phi) is 3.59. The molecule has 3 heteroatoms. The minimum Gasteiger partial charge on any atom is -0.313 e. The molecule has 3 nitrogen and oxygen atoms in total. The van der Waals surface area contributed by atoms with Crippen LogP contribution in [0.25, 0.3) is 5.69 Å². The van der Waals surface area contributed by atoms with E-state index < -0.39 is 0 Å². The Hall–Kier alpha value is -1.61. The van der Waals surface area contributed by atoms with Crippen molar-refractivity contribution in [2.24, 2.45) is 0 Å². The lowest BCUT2D eigenvalue weighted by atomic mass is 10.1. The second-order valence-electron chi connectivity index (χ2n) is 4.30. The van der Waals surface area contributed by atoms with E-state index in [-0.39, 0.29) is 0 Å². The Labute approximate surface area is 102 Å². The average molecular weight is 229 g/mol. The van der Waals surface area contributed by atoms with Gasteiger partial charge in [-0.3, -0.25) is 0 Å². The van der Waals surface area contributed by atoms with Crippen molar-refractivity contribution in [3.05, 3.63) is 47.3 Å². The third-order valence-corrected chi connectivity index (χ3v) is 2.82. The van der Waals surface area contributed by atoms with Crippen molar-refractivity contribution in [1.29, 1.82) is 0 Å². The highest BCUT2D eigenvalue weighted by Crippen LogP contribution is 2.15. The molecule has 0 bridgehead atoms. The first-order chi connectivity index (χ1) is 8.20. The largest absolute Gasteiger partial charge is 0.313 e.